The molecule has 3 aromatic rings. The fourth-order valence-electron chi connectivity index (χ4n) is 2.85. The highest BCUT2D eigenvalue weighted by Gasteiger charge is 2.15. The molecule has 0 heterocycles. The van der Waals surface area contributed by atoms with E-state index in [4.69, 9.17) is 4.74 Å². The van der Waals surface area contributed by atoms with Crippen molar-refractivity contribution in [2.75, 3.05) is 6.61 Å². The van der Waals surface area contributed by atoms with Crippen LogP contribution in [0.5, 0.6) is 11.5 Å². The number of ether oxygens (including phenoxy) is 1. The molecule has 3 rings (SSSR count). The summed E-state index contributed by atoms with van der Waals surface area (Å²) in [6.45, 7) is 6.23. The Labute approximate surface area is 178 Å². The summed E-state index contributed by atoms with van der Waals surface area (Å²) in [6, 6.07) is 16.9. The van der Waals surface area contributed by atoms with Gasteiger partial charge in [0.25, 0.3) is 5.91 Å². The first-order valence-corrected chi connectivity index (χ1v) is 10.0. The zero-order valence-corrected chi connectivity index (χ0v) is 18.2. The normalized spacial score (nSPS) is 11.7. The Morgan fingerprint density at radius 3 is 2.66 bits per heavy atom. The molecule has 0 spiro atoms. The molecular weight excluding hydrogens is 432 g/mol. The van der Waals surface area contributed by atoms with E-state index in [0.717, 1.165) is 15.2 Å². The van der Waals surface area contributed by atoms with E-state index in [1.54, 1.807) is 6.07 Å². The van der Waals surface area contributed by atoms with E-state index in [9.17, 15) is 9.90 Å². The molecule has 0 aromatic heterocycles. The fourth-order valence-corrected chi connectivity index (χ4v) is 3.34. The first kappa shape index (κ1) is 20.9. The number of carbonyl (C=O) groups is 1. The second-order valence-corrected chi connectivity index (χ2v) is 8.55. The van der Waals surface area contributed by atoms with Crippen molar-refractivity contribution >= 4 is 38.8 Å². The molecule has 1 amide bonds. The summed E-state index contributed by atoms with van der Waals surface area (Å²) in [5.41, 5.74) is 4.17. The first-order valence-electron chi connectivity index (χ1n) is 9.21. The minimum atomic E-state index is -0.396. The van der Waals surface area contributed by atoms with Crippen molar-refractivity contribution < 1.29 is 14.6 Å². The van der Waals surface area contributed by atoms with Crippen LogP contribution in [0, 0.1) is 0 Å². The van der Waals surface area contributed by atoms with Gasteiger partial charge in [-0.1, -0.05) is 57.2 Å². The van der Waals surface area contributed by atoms with Crippen molar-refractivity contribution in [3.8, 4) is 11.5 Å². The van der Waals surface area contributed by atoms with Gasteiger partial charge in [0.05, 0.1) is 10.7 Å². The molecule has 5 nitrogen and oxygen atoms in total. The van der Waals surface area contributed by atoms with E-state index >= 15 is 0 Å². The number of hydrogen-bond acceptors (Lipinski definition) is 4. The maximum absolute atomic E-state index is 12.1. The van der Waals surface area contributed by atoms with Crippen LogP contribution in [0.15, 0.2) is 64.2 Å². The lowest BCUT2D eigenvalue weighted by atomic mass is 9.87. The molecule has 3 aromatic carbocycles. The Morgan fingerprint density at radius 1 is 1.17 bits per heavy atom. The lowest BCUT2D eigenvalue weighted by Crippen LogP contribution is -2.24. The van der Waals surface area contributed by atoms with Crippen LogP contribution < -0.4 is 10.2 Å². The van der Waals surface area contributed by atoms with E-state index in [1.165, 1.54) is 11.8 Å². The van der Waals surface area contributed by atoms with Crippen LogP contribution in [0.4, 0.5) is 0 Å². The molecule has 0 aliphatic carbocycles. The molecule has 150 valence electrons. The smallest absolute Gasteiger partial charge is 0.277 e. The molecule has 29 heavy (non-hydrogen) atoms. The van der Waals surface area contributed by atoms with E-state index < -0.39 is 5.91 Å². The average molecular weight is 455 g/mol. The summed E-state index contributed by atoms with van der Waals surface area (Å²) in [7, 11) is 0. The Bertz CT molecular complexity index is 1070. The topological polar surface area (TPSA) is 70.9 Å². The quantitative estimate of drug-likeness (QED) is 0.414. The standard InChI is InChI=1S/C23H23BrN2O3/c1-23(2,3)16-9-11-21(19(24)12-16)29-14-22(28)26-25-13-18-17-7-5-4-6-15(17)8-10-20(18)27/h4-13,27H,14H2,1-3H3,(H,26,28)/b25-13+. The third-order valence-electron chi connectivity index (χ3n) is 4.49. The summed E-state index contributed by atoms with van der Waals surface area (Å²) < 4.78 is 6.37. The van der Waals surface area contributed by atoms with Crippen LogP contribution in [-0.4, -0.2) is 23.8 Å². The Morgan fingerprint density at radius 2 is 1.93 bits per heavy atom. The zero-order valence-electron chi connectivity index (χ0n) is 16.6. The summed E-state index contributed by atoms with van der Waals surface area (Å²) in [6.07, 6.45) is 1.43. The number of hydrogen-bond donors (Lipinski definition) is 2. The van der Waals surface area contributed by atoms with Crippen molar-refractivity contribution in [1.29, 1.82) is 0 Å². The third kappa shape index (κ3) is 5.15. The Kier molecular flexibility index (Phi) is 6.23. The van der Waals surface area contributed by atoms with Gasteiger partial charge in [-0.05, 0) is 55.9 Å². The predicted octanol–water partition coefficient (Wildman–Crippen LogP) is 5.13. The molecule has 6 heteroatoms. The first-order chi connectivity index (χ1) is 13.8. The molecule has 2 N–H and O–H groups in total. The maximum atomic E-state index is 12.1. The summed E-state index contributed by atoms with van der Waals surface area (Å²) in [4.78, 5) is 12.1. The van der Waals surface area contributed by atoms with E-state index in [1.807, 2.05) is 48.5 Å². The number of nitrogens with one attached hydrogen (secondary N) is 1. The fraction of sp³-hybridized carbons (Fsp3) is 0.217. The largest absolute Gasteiger partial charge is 0.507 e. The predicted molar refractivity (Wildman–Crippen MR) is 120 cm³/mol. The number of hydrazone groups is 1. The molecule has 0 aliphatic heterocycles. The molecule has 0 saturated carbocycles. The van der Waals surface area contributed by atoms with Crippen molar-refractivity contribution in [2.24, 2.45) is 5.10 Å². The van der Waals surface area contributed by atoms with Crippen LogP contribution in [0.25, 0.3) is 10.8 Å². The number of halogens is 1. The number of rotatable bonds is 5. The average Bonchev–Trinajstić information content (AvgIpc) is 2.68. The monoisotopic (exact) mass is 454 g/mol. The number of fused-ring (bicyclic) bond motifs is 1. The molecule has 0 atom stereocenters. The van der Waals surface area contributed by atoms with Crippen LogP contribution in [-0.2, 0) is 10.2 Å². The van der Waals surface area contributed by atoms with Gasteiger partial charge in [-0.25, -0.2) is 5.43 Å². The number of nitrogens with zero attached hydrogens (tertiary/aromatic N) is 1. The highest BCUT2D eigenvalue weighted by Crippen LogP contribution is 2.31. The van der Waals surface area contributed by atoms with Crippen molar-refractivity contribution in [3.63, 3.8) is 0 Å². The van der Waals surface area contributed by atoms with Gasteiger partial charge in [-0.2, -0.15) is 5.10 Å². The number of carbonyl (C=O) groups excluding carboxylic acids is 1. The van der Waals surface area contributed by atoms with Crippen molar-refractivity contribution in [3.05, 3.63) is 70.2 Å². The van der Waals surface area contributed by atoms with Crippen LogP contribution in [0.2, 0.25) is 0 Å². The zero-order chi connectivity index (χ0) is 21.0. The van der Waals surface area contributed by atoms with Gasteiger partial charge in [-0.15, -0.1) is 0 Å². The highest BCUT2D eigenvalue weighted by molar-refractivity contribution is 9.10. The molecule has 0 fully saturated rings. The van der Waals surface area contributed by atoms with Crippen LogP contribution >= 0.6 is 15.9 Å². The second kappa shape index (κ2) is 8.66. The highest BCUT2D eigenvalue weighted by atomic mass is 79.9. The lowest BCUT2D eigenvalue weighted by molar-refractivity contribution is -0.123. The van der Waals surface area contributed by atoms with Gasteiger partial charge in [-0.3, -0.25) is 4.79 Å². The van der Waals surface area contributed by atoms with Crippen molar-refractivity contribution in [1.82, 2.24) is 5.43 Å². The minimum absolute atomic E-state index is 0.0281. The second-order valence-electron chi connectivity index (χ2n) is 7.70. The van der Waals surface area contributed by atoms with E-state index in [0.29, 0.717) is 11.3 Å². The van der Waals surface area contributed by atoms with Gasteiger partial charge in [0.2, 0.25) is 0 Å². The maximum Gasteiger partial charge on any atom is 0.277 e. The van der Waals surface area contributed by atoms with Gasteiger partial charge >= 0.3 is 0 Å². The van der Waals surface area contributed by atoms with E-state index in [-0.39, 0.29) is 17.8 Å². The summed E-state index contributed by atoms with van der Waals surface area (Å²) in [5, 5.41) is 15.9. The Hall–Kier alpha value is -2.86. The number of amides is 1. The van der Waals surface area contributed by atoms with Crippen LogP contribution in [0.1, 0.15) is 31.9 Å². The molecule has 0 unspecified atom stereocenters. The third-order valence-corrected chi connectivity index (χ3v) is 5.11. The Balaban J connectivity index is 1.62. The number of aromatic hydroxyl groups is 1. The molecule has 0 aliphatic rings. The summed E-state index contributed by atoms with van der Waals surface area (Å²) >= 11 is 3.49. The molecule has 0 bridgehead atoms. The molecule has 0 radical (unpaired) electrons. The van der Waals surface area contributed by atoms with Crippen LogP contribution in [0.3, 0.4) is 0 Å². The number of benzene rings is 3. The SMILES string of the molecule is CC(C)(C)c1ccc(OCC(=O)N/N=C/c2c(O)ccc3ccccc23)c(Br)c1. The summed E-state index contributed by atoms with van der Waals surface area (Å²) in [5.74, 6) is 0.289. The minimum Gasteiger partial charge on any atom is -0.507 e. The van der Waals surface area contributed by atoms with E-state index in [2.05, 4.69) is 47.2 Å². The number of phenolic OH excluding ortho intramolecular Hbond substituents is 1. The number of phenols is 1. The van der Waals surface area contributed by atoms with Gasteiger partial charge in [0.1, 0.15) is 11.5 Å². The molecular formula is C23H23BrN2O3. The van der Waals surface area contributed by atoms with Gasteiger partial charge in [0.15, 0.2) is 6.61 Å². The van der Waals surface area contributed by atoms with Crippen molar-refractivity contribution in [2.45, 2.75) is 26.2 Å². The van der Waals surface area contributed by atoms with Gasteiger partial charge < -0.3 is 9.84 Å². The van der Waals surface area contributed by atoms with Gasteiger partial charge in [0, 0.05) is 5.56 Å². The molecule has 0 saturated heterocycles. The lowest BCUT2D eigenvalue weighted by Gasteiger charge is -2.20.